The zero-order valence-electron chi connectivity index (χ0n) is 23.3. The summed E-state index contributed by atoms with van der Waals surface area (Å²) in [5, 5.41) is -0.00852. The van der Waals surface area contributed by atoms with E-state index < -0.39 is 26.6 Å². The maximum absolute atomic E-state index is 16.0. The molecule has 3 aromatic carbocycles. The Morgan fingerprint density at radius 3 is 2.60 bits per heavy atom. The third kappa shape index (κ3) is 6.14. The van der Waals surface area contributed by atoms with Crippen LogP contribution in [0, 0.1) is 18.6 Å². The van der Waals surface area contributed by atoms with Gasteiger partial charge in [-0.1, -0.05) is 36.4 Å². The molecule has 1 fully saturated rings. The molecule has 0 radical (unpaired) electrons. The molecule has 222 valence electrons. The number of likely N-dealkylation sites (N-methyl/N-ethyl adjacent to an activating group) is 1. The van der Waals surface area contributed by atoms with E-state index in [0.29, 0.717) is 17.9 Å². The number of aromatic nitrogens is 2. The topological polar surface area (TPSA) is 78.9 Å². The average Bonchev–Trinajstić information content (AvgIpc) is 3.67. The quantitative estimate of drug-likeness (QED) is 0.191. The van der Waals surface area contributed by atoms with Gasteiger partial charge in [0.2, 0.25) is 5.13 Å². The molecule has 13 heteroatoms. The Bertz CT molecular complexity index is 1660. The van der Waals surface area contributed by atoms with E-state index in [-0.39, 0.29) is 27.9 Å². The highest BCUT2D eigenvalue weighted by Crippen LogP contribution is 2.39. The number of halogens is 3. The van der Waals surface area contributed by atoms with Crippen molar-refractivity contribution in [1.29, 1.82) is 0 Å². The van der Waals surface area contributed by atoms with E-state index >= 15 is 8.78 Å². The highest BCUT2D eigenvalue weighted by atomic mass is 79.9. The van der Waals surface area contributed by atoms with Gasteiger partial charge in [0.05, 0.1) is 23.8 Å². The maximum Gasteiger partial charge on any atom is 0.272 e. The maximum atomic E-state index is 16.0. The minimum atomic E-state index is -4.74. The van der Waals surface area contributed by atoms with Crippen LogP contribution in [0.1, 0.15) is 23.1 Å². The van der Waals surface area contributed by atoms with Crippen LogP contribution in [0.15, 0.2) is 70.3 Å². The van der Waals surface area contributed by atoms with Gasteiger partial charge in [0, 0.05) is 44.3 Å². The first-order valence-corrected chi connectivity index (χ1v) is 16.2. The van der Waals surface area contributed by atoms with Crippen LogP contribution in [0.3, 0.4) is 0 Å². The lowest BCUT2D eigenvalue weighted by molar-refractivity contribution is 0.326. The van der Waals surface area contributed by atoms with Crippen LogP contribution in [-0.4, -0.2) is 56.0 Å². The number of sulfonamides is 1. The number of hydrogen-bond acceptors (Lipinski definition) is 8. The molecule has 8 nitrogen and oxygen atoms in total. The van der Waals surface area contributed by atoms with Crippen LogP contribution >= 0.6 is 27.5 Å². The lowest BCUT2D eigenvalue weighted by Crippen LogP contribution is -2.35. The van der Waals surface area contributed by atoms with Gasteiger partial charge in [-0.05, 0) is 64.2 Å². The van der Waals surface area contributed by atoms with Crippen LogP contribution < -0.4 is 13.9 Å². The van der Waals surface area contributed by atoms with Crippen molar-refractivity contribution in [2.45, 2.75) is 37.4 Å². The molecular weight excluding hydrogens is 648 g/mol. The van der Waals surface area contributed by atoms with Gasteiger partial charge >= 0.3 is 0 Å². The Balaban J connectivity index is 1.44. The molecule has 2 heterocycles. The largest absolute Gasteiger partial charge is 0.497 e. The lowest BCUT2D eigenvalue weighted by atomic mass is 10.1. The molecule has 1 saturated heterocycles. The molecule has 0 spiro atoms. The Kier molecular flexibility index (Phi) is 9.11. The number of anilines is 2. The number of likely N-dealkylation sites (tertiary alicyclic amines) is 1. The predicted octanol–water partition coefficient (Wildman–Crippen LogP) is 6.00. The molecule has 1 atom stereocenters. The van der Waals surface area contributed by atoms with Gasteiger partial charge in [-0.3, -0.25) is 4.90 Å². The van der Waals surface area contributed by atoms with Gasteiger partial charge < -0.3 is 9.64 Å². The van der Waals surface area contributed by atoms with E-state index in [4.69, 9.17) is 4.74 Å². The van der Waals surface area contributed by atoms with Crippen molar-refractivity contribution < 1.29 is 21.9 Å². The second-order valence-corrected chi connectivity index (χ2v) is 13.5. The van der Waals surface area contributed by atoms with Crippen molar-refractivity contribution >= 4 is 48.3 Å². The summed E-state index contributed by atoms with van der Waals surface area (Å²) in [6.07, 6.45) is 2.00. The van der Waals surface area contributed by atoms with E-state index in [1.165, 1.54) is 19.0 Å². The summed E-state index contributed by atoms with van der Waals surface area (Å²) < 4.78 is 69.5. The monoisotopic (exact) mass is 677 g/mol. The third-order valence-electron chi connectivity index (χ3n) is 7.50. The number of nitrogens with zero attached hydrogens (tertiary/aromatic N) is 5. The standard InChI is InChI=1S/C29H30BrF2N5O3S2/c1-19-13-23(40-3)10-9-21(19)16-37(29-33-18-34-41-29)42(38,39)28-24(31)14-25(26(30)27(28)32)35(2)22-11-12-36(17-22)15-20-7-5-4-6-8-20/h4-10,13-14,18,22H,11-12,15-17H2,1-3H3/t22-/m0/s1. The molecule has 0 unspecified atom stereocenters. The molecule has 0 saturated carbocycles. The van der Waals surface area contributed by atoms with Crippen molar-refractivity contribution in [3.05, 3.63) is 93.7 Å². The van der Waals surface area contributed by atoms with Gasteiger partial charge in [0.1, 0.15) is 17.9 Å². The number of aryl methyl sites for hydroxylation is 1. The number of methoxy groups -OCH3 is 1. The third-order valence-corrected chi connectivity index (χ3v) is 10.8. The summed E-state index contributed by atoms with van der Waals surface area (Å²) in [5.41, 5.74) is 2.80. The SMILES string of the molecule is COc1ccc(CN(c2ncns2)S(=O)(=O)c2c(F)cc(N(C)[C@H]3CCN(Cc4ccccc4)C3)c(Br)c2F)c(C)c1. The second-order valence-electron chi connectivity index (χ2n) is 10.1. The fraction of sp³-hybridized carbons (Fsp3) is 0.310. The Morgan fingerprint density at radius 1 is 1.17 bits per heavy atom. The first-order chi connectivity index (χ1) is 20.1. The van der Waals surface area contributed by atoms with Crippen molar-refractivity contribution in [3.8, 4) is 5.75 Å². The smallest absolute Gasteiger partial charge is 0.272 e. The predicted molar refractivity (Wildman–Crippen MR) is 164 cm³/mol. The first kappa shape index (κ1) is 30.3. The van der Waals surface area contributed by atoms with Gasteiger partial charge in [-0.2, -0.15) is 4.37 Å². The van der Waals surface area contributed by atoms with E-state index in [9.17, 15) is 8.42 Å². The molecule has 0 N–H and O–H groups in total. The first-order valence-electron chi connectivity index (χ1n) is 13.2. The highest BCUT2D eigenvalue weighted by molar-refractivity contribution is 9.10. The molecule has 42 heavy (non-hydrogen) atoms. The van der Waals surface area contributed by atoms with Crippen LogP contribution in [0.2, 0.25) is 0 Å². The lowest BCUT2D eigenvalue weighted by Gasteiger charge is -2.29. The summed E-state index contributed by atoms with van der Waals surface area (Å²) in [5.74, 6) is -1.78. The fourth-order valence-corrected chi connectivity index (χ4v) is 8.11. The van der Waals surface area contributed by atoms with Crippen LogP contribution in [0.4, 0.5) is 19.6 Å². The molecule has 0 aliphatic carbocycles. The Labute approximate surface area is 256 Å². The van der Waals surface area contributed by atoms with Crippen molar-refractivity contribution in [2.24, 2.45) is 0 Å². The summed E-state index contributed by atoms with van der Waals surface area (Å²) in [6, 6.07) is 16.3. The second kappa shape index (κ2) is 12.6. The summed E-state index contributed by atoms with van der Waals surface area (Å²) >= 11 is 4.07. The highest BCUT2D eigenvalue weighted by Gasteiger charge is 2.37. The van der Waals surface area contributed by atoms with Crippen LogP contribution in [0.5, 0.6) is 5.75 Å². The molecule has 0 amide bonds. The van der Waals surface area contributed by atoms with Gasteiger partial charge in [-0.15, -0.1) is 0 Å². The minimum Gasteiger partial charge on any atom is -0.497 e. The molecule has 1 aliphatic heterocycles. The van der Waals surface area contributed by atoms with Crippen LogP contribution in [0.25, 0.3) is 0 Å². The van der Waals surface area contributed by atoms with Crippen molar-refractivity contribution in [1.82, 2.24) is 14.3 Å². The van der Waals surface area contributed by atoms with Crippen molar-refractivity contribution in [3.63, 3.8) is 0 Å². The molecule has 4 aromatic rings. The Hall–Kier alpha value is -3.13. The molecule has 5 rings (SSSR count). The average molecular weight is 679 g/mol. The summed E-state index contributed by atoms with van der Waals surface area (Å²) in [7, 11) is -1.44. The van der Waals surface area contributed by atoms with Gasteiger partial charge in [0.25, 0.3) is 10.0 Å². The van der Waals surface area contributed by atoms with E-state index in [1.807, 2.05) is 18.2 Å². The molecule has 1 aliphatic rings. The van der Waals surface area contributed by atoms with E-state index in [1.54, 1.807) is 37.1 Å². The van der Waals surface area contributed by atoms with E-state index in [2.05, 4.69) is 42.3 Å². The summed E-state index contributed by atoms with van der Waals surface area (Å²) in [6.45, 7) is 3.91. The molecular formula is C29H30BrF2N5O3S2. The number of benzene rings is 3. The number of hydrogen-bond donors (Lipinski definition) is 0. The van der Waals surface area contributed by atoms with Gasteiger partial charge in [0.15, 0.2) is 10.7 Å². The van der Waals surface area contributed by atoms with E-state index in [0.717, 1.165) is 47.0 Å². The molecule has 1 aromatic heterocycles. The van der Waals surface area contributed by atoms with Gasteiger partial charge in [-0.25, -0.2) is 26.5 Å². The number of ether oxygens (including phenoxy) is 1. The number of rotatable bonds is 10. The van der Waals surface area contributed by atoms with Crippen LogP contribution in [-0.2, 0) is 23.1 Å². The zero-order chi connectivity index (χ0) is 30.0. The minimum absolute atomic E-state index is 0.00852. The Morgan fingerprint density at radius 2 is 1.93 bits per heavy atom. The fourth-order valence-electron chi connectivity index (χ4n) is 5.14. The molecule has 0 bridgehead atoms. The summed E-state index contributed by atoms with van der Waals surface area (Å²) in [4.78, 5) is 7.09. The zero-order valence-corrected chi connectivity index (χ0v) is 26.5. The normalized spacial score (nSPS) is 15.6. The van der Waals surface area contributed by atoms with Crippen molar-refractivity contribution in [2.75, 3.05) is 36.5 Å².